The molecule has 0 saturated carbocycles. The van der Waals surface area contributed by atoms with Crippen LogP contribution in [0.1, 0.15) is 16.2 Å². The largest absolute Gasteiger partial charge is 0.363 e. The molecule has 0 aliphatic carbocycles. The number of hydrogen-bond acceptors (Lipinski definition) is 3. The average molecular weight is 318 g/mol. The van der Waals surface area contributed by atoms with E-state index in [0.29, 0.717) is 10.5 Å². The fourth-order valence-electron chi connectivity index (χ4n) is 2.03. The van der Waals surface area contributed by atoms with Gasteiger partial charge in [0.15, 0.2) is 0 Å². The minimum absolute atomic E-state index is 0.189. The van der Waals surface area contributed by atoms with Crippen molar-refractivity contribution < 1.29 is 4.79 Å². The molecule has 0 fully saturated rings. The number of pyridine rings is 1. The van der Waals surface area contributed by atoms with Gasteiger partial charge >= 0.3 is 0 Å². The van der Waals surface area contributed by atoms with Gasteiger partial charge in [0.05, 0.1) is 16.7 Å². The van der Waals surface area contributed by atoms with Crippen LogP contribution in [-0.2, 0) is 5.75 Å². The fourth-order valence-corrected chi connectivity index (χ4v) is 3.26. The standard InChI is InChI=1S/C15H12ClN3OS/c16-12-6-11(21-9-10-4-2-1-3-5-10)8-19-13(12)7-18-15(19)14(17)20/h1-8H,9H2,(H2,17,20). The number of hydrogen-bond donors (Lipinski definition) is 1. The van der Waals surface area contributed by atoms with E-state index in [1.807, 2.05) is 30.5 Å². The summed E-state index contributed by atoms with van der Waals surface area (Å²) in [7, 11) is 0. The molecule has 2 N–H and O–H groups in total. The van der Waals surface area contributed by atoms with Crippen LogP contribution in [0.2, 0.25) is 5.02 Å². The number of nitrogens with zero attached hydrogens (tertiary/aromatic N) is 2. The highest BCUT2D eigenvalue weighted by atomic mass is 35.5. The SMILES string of the molecule is NC(=O)c1ncc2c(Cl)cc(SCc3ccccc3)cn12. The van der Waals surface area contributed by atoms with Crippen LogP contribution in [0.5, 0.6) is 0 Å². The summed E-state index contributed by atoms with van der Waals surface area (Å²) in [6.45, 7) is 0. The van der Waals surface area contributed by atoms with Gasteiger partial charge in [0.1, 0.15) is 0 Å². The lowest BCUT2D eigenvalue weighted by atomic mass is 10.2. The lowest BCUT2D eigenvalue weighted by Gasteiger charge is -2.06. The third-order valence-electron chi connectivity index (χ3n) is 3.04. The van der Waals surface area contributed by atoms with Crippen molar-refractivity contribution in [1.29, 1.82) is 0 Å². The minimum atomic E-state index is -0.573. The molecular formula is C15H12ClN3OS. The Morgan fingerprint density at radius 2 is 2.10 bits per heavy atom. The Morgan fingerprint density at radius 1 is 1.33 bits per heavy atom. The molecule has 106 valence electrons. The summed E-state index contributed by atoms with van der Waals surface area (Å²) in [5.74, 6) is 0.439. The maximum Gasteiger partial charge on any atom is 0.285 e. The topological polar surface area (TPSA) is 60.4 Å². The van der Waals surface area contributed by atoms with Crippen molar-refractivity contribution in [2.75, 3.05) is 0 Å². The number of primary amides is 1. The van der Waals surface area contributed by atoms with Crippen LogP contribution in [0.4, 0.5) is 0 Å². The quantitative estimate of drug-likeness (QED) is 0.750. The predicted octanol–water partition coefficient (Wildman–Crippen LogP) is 3.38. The summed E-state index contributed by atoms with van der Waals surface area (Å²) >= 11 is 7.88. The van der Waals surface area contributed by atoms with Gasteiger partial charge in [-0.1, -0.05) is 41.9 Å². The second-order valence-electron chi connectivity index (χ2n) is 4.50. The number of carbonyl (C=O) groups excluding carboxylic acids is 1. The molecular weight excluding hydrogens is 306 g/mol. The number of benzene rings is 1. The van der Waals surface area contributed by atoms with E-state index in [9.17, 15) is 4.79 Å². The van der Waals surface area contributed by atoms with E-state index in [-0.39, 0.29) is 5.82 Å². The molecule has 0 atom stereocenters. The first-order valence-corrected chi connectivity index (χ1v) is 7.64. The third kappa shape index (κ3) is 2.89. The summed E-state index contributed by atoms with van der Waals surface area (Å²) in [5, 5.41) is 0.549. The molecule has 3 aromatic rings. The first kappa shape index (κ1) is 14.0. The van der Waals surface area contributed by atoms with Gasteiger partial charge in [-0.25, -0.2) is 4.98 Å². The molecule has 0 radical (unpaired) electrons. The highest BCUT2D eigenvalue weighted by molar-refractivity contribution is 7.98. The number of halogens is 1. The molecule has 1 aromatic carbocycles. The molecule has 0 aliphatic heterocycles. The van der Waals surface area contributed by atoms with E-state index in [4.69, 9.17) is 17.3 Å². The van der Waals surface area contributed by atoms with Gasteiger partial charge in [0, 0.05) is 16.8 Å². The van der Waals surface area contributed by atoms with Crippen molar-refractivity contribution >= 4 is 34.8 Å². The van der Waals surface area contributed by atoms with Gasteiger partial charge in [-0.05, 0) is 11.6 Å². The molecule has 2 heterocycles. The smallest absolute Gasteiger partial charge is 0.285 e. The lowest BCUT2D eigenvalue weighted by Crippen LogP contribution is -2.15. The highest BCUT2D eigenvalue weighted by Gasteiger charge is 2.12. The lowest BCUT2D eigenvalue weighted by molar-refractivity contribution is 0.0990. The van der Waals surface area contributed by atoms with Crippen molar-refractivity contribution in [3.63, 3.8) is 0 Å². The fraction of sp³-hybridized carbons (Fsp3) is 0.0667. The normalized spacial score (nSPS) is 10.9. The molecule has 3 rings (SSSR count). The van der Waals surface area contributed by atoms with Crippen molar-refractivity contribution in [2.45, 2.75) is 10.6 Å². The predicted molar refractivity (Wildman–Crippen MR) is 84.7 cm³/mol. The summed E-state index contributed by atoms with van der Waals surface area (Å²) in [6, 6.07) is 12.0. The van der Waals surface area contributed by atoms with Crippen LogP contribution in [-0.4, -0.2) is 15.3 Å². The number of thioether (sulfide) groups is 1. The zero-order chi connectivity index (χ0) is 14.8. The first-order chi connectivity index (χ1) is 10.1. The van der Waals surface area contributed by atoms with Crippen molar-refractivity contribution in [2.24, 2.45) is 5.73 Å². The van der Waals surface area contributed by atoms with Gasteiger partial charge in [-0.3, -0.25) is 9.20 Å². The van der Waals surface area contributed by atoms with Crippen molar-refractivity contribution in [3.05, 3.63) is 65.2 Å². The summed E-state index contributed by atoms with van der Waals surface area (Å²) in [4.78, 5) is 16.3. The summed E-state index contributed by atoms with van der Waals surface area (Å²) in [5.41, 5.74) is 7.21. The van der Waals surface area contributed by atoms with Crippen LogP contribution in [0.15, 0.2) is 53.7 Å². The number of rotatable bonds is 4. The van der Waals surface area contributed by atoms with Gasteiger partial charge in [0.2, 0.25) is 5.82 Å². The Labute approximate surface area is 130 Å². The number of imidazole rings is 1. The van der Waals surface area contributed by atoms with Gasteiger partial charge in [-0.2, -0.15) is 0 Å². The Balaban J connectivity index is 1.92. The van der Waals surface area contributed by atoms with E-state index in [1.165, 1.54) is 5.56 Å². The van der Waals surface area contributed by atoms with Crippen LogP contribution < -0.4 is 5.73 Å². The maximum absolute atomic E-state index is 11.4. The minimum Gasteiger partial charge on any atom is -0.363 e. The molecule has 0 spiro atoms. The number of fused-ring (bicyclic) bond motifs is 1. The number of carbonyl (C=O) groups is 1. The molecule has 1 amide bonds. The van der Waals surface area contributed by atoms with Crippen molar-refractivity contribution in [3.8, 4) is 0 Å². The maximum atomic E-state index is 11.4. The first-order valence-electron chi connectivity index (χ1n) is 6.28. The number of nitrogens with two attached hydrogens (primary N) is 1. The monoisotopic (exact) mass is 317 g/mol. The van der Waals surface area contributed by atoms with E-state index >= 15 is 0 Å². The van der Waals surface area contributed by atoms with Gasteiger partial charge < -0.3 is 5.73 Å². The molecule has 4 nitrogen and oxygen atoms in total. The van der Waals surface area contributed by atoms with Crippen LogP contribution >= 0.6 is 23.4 Å². The second-order valence-corrected chi connectivity index (χ2v) is 5.96. The Kier molecular flexibility index (Phi) is 3.86. The Bertz CT molecular complexity index is 801. The molecule has 6 heteroatoms. The zero-order valence-electron chi connectivity index (χ0n) is 11.0. The molecule has 0 saturated heterocycles. The van der Waals surface area contributed by atoms with Gasteiger partial charge in [-0.15, -0.1) is 11.8 Å². The number of aromatic nitrogens is 2. The van der Waals surface area contributed by atoms with E-state index < -0.39 is 5.91 Å². The van der Waals surface area contributed by atoms with Crippen LogP contribution in [0.3, 0.4) is 0 Å². The van der Waals surface area contributed by atoms with Gasteiger partial charge in [0.25, 0.3) is 5.91 Å². The Hall–Kier alpha value is -1.98. The number of amides is 1. The third-order valence-corrected chi connectivity index (χ3v) is 4.37. The molecule has 21 heavy (non-hydrogen) atoms. The highest BCUT2D eigenvalue weighted by Crippen LogP contribution is 2.28. The molecule has 0 unspecified atom stereocenters. The summed E-state index contributed by atoms with van der Waals surface area (Å²) in [6.07, 6.45) is 3.38. The van der Waals surface area contributed by atoms with Crippen LogP contribution in [0, 0.1) is 0 Å². The summed E-state index contributed by atoms with van der Waals surface area (Å²) < 4.78 is 1.64. The second kappa shape index (κ2) is 5.79. The zero-order valence-corrected chi connectivity index (χ0v) is 12.6. The van der Waals surface area contributed by atoms with E-state index in [1.54, 1.807) is 22.4 Å². The van der Waals surface area contributed by atoms with Crippen molar-refractivity contribution in [1.82, 2.24) is 9.38 Å². The Morgan fingerprint density at radius 3 is 2.81 bits per heavy atom. The van der Waals surface area contributed by atoms with E-state index in [0.717, 1.165) is 10.6 Å². The van der Waals surface area contributed by atoms with Crippen LogP contribution in [0.25, 0.3) is 5.52 Å². The average Bonchev–Trinajstić information content (AvgIpc) is 2.91. The molecule has 0 aliphatic rings. The van der Waals surface area contributed by atoms with E-state index in [2.05, 4.69) is 17.1 Å². The molecule has 2 aromatic heterocycles. The molecule has 0 bridgehead atoms.